The molecular formula is C11H14O4. The molecule has 0 rings (SSSR count). The lowest BCUT2D eigenvalue weighted by Crippen LogP contribution is -2.02. The summed E-state index contributed by atoms with van der Waals surface area (Å²) in [5, 5.41) is 8.29. The van der Waals surface area contributed by atoms with Gasteiger partial charge < -0.3 is 9.84 Å². The Kier molecular flexibility index (Phi) is 6.73. The minimum atomic E-state index is -0.887. The number of Topliss-reactive ketones (excluding diaryl/α,β-unsaturated/α-hetero) is 1. The van der Waals surface area contributed by atoms with E-state index in [1.165, 1.54) is 0 Å². The molecule has 0 bridgehead atoms. The van der Waals surface area contributed by atoms with Gasteiger partial charge in [0.05, 0.1) is 6.42 Å². The van der Waals surface area contributed by atoms with E-state index in [-0.39, 0.29) is 31.7 Å². The molecule has 0 heterocycles. The molecule has 0 aliphatic rings. The van der Waals surface area contributed by atoms with Crippen LogP contribution in [-0.2, 0) is 14.3 Å². The Balaban J connectivity index is 3.49. The average molecular weight is 210 g/mol. The molecule has 0 aliphatic heterocycles. The number of ether oxygens (including phenoxy) is 1. The normalized spacial score (nSPS) is 8.60. The Labute approximate surface area is 88.9 Å². The molecule has 15 heavy (non-hydrogen) atoms. The van der Waals surface area contributed by atoms with E-state index in [9.17, 15) is 9.59 Å². The Morgan fingerprint density at radius 2 is 2.07 bits per heavy atom. The fraction of sp³-hybridized carbons (Fsp3) is 0.455. The third-order valence-electron chi connectivity index (χ3n) is 1.52. The summed E-state index contributed by atoms with van der Waals surface area (Å²) in [4.78, 5) is 21.1. The minimum absolute atomic E-state index is 0.00105. The highest BCUT2D eigenvalue weighted by atomic mass is 16.5. The average Bonchev–Trinajstić information content (AvgIpc) is 2.15. The van der Waals surface area contributed by atoms with E-state index in [1.807, 2.05) is 0 Å². The molecule has 0 fully saturated rings. The van der Waals surface area contributed by atoms with Crippen molar-refractivity contribution in [2.24, 2.45) is 0 Å². The summed E-state index contributed by atoms with van der Waals surface area (Å²) in [6, 6.07) is 0. The van der Waals surface area contributed by atoms with Gasteiger partial charge in [-0.25, -0.2) is 0 Å². The quantitative estimate of drug-likeness (QED) is 0.408. The van der Waals surface area contributed by atoms with E-state index >= 15 is 0 Å². The third-order valence-corrected chi connectivity index (χ3v) is 1.52. The van der Waals surface area contributed by atoms with Gasteiger partial charge in [-0.15, -0.1) is 0 Å². The van der Waals surface area contributed by atoms with Crippen LogP contribution in [0.15, 0.2) is 12.2 Å². The number of carbonyl (C=O) groups excluding carboxylic acids is 1. The number of rotatable bonds is 6. The van der Waals surface area contributed by atoms with Gasteiger partial charge in [0.15, 0.2) is 5.78 Å². The van der Waals surface area contributed by atoms with Gasteiger partial charge >= 0.3 is 5.97 Å². The lowest BCUT2D eigenvalue weighted by Gasteiger charge is -1.96. The first-order valence-corrected chi connectivity index (χ1v) is 4.54. The molecule has 0 aromatic carbocycles. The molecular weight excluding hydrogens is 196 g/mol. The molecule has 4 heteroatoms. The van der Waals surface area contributed by atoms with Crippen molar-refractivity contribution in [3.63, 3.8) is 0 Å². The first-order chi connectivity index (χ1) is 7.04. The highest BCUT2D eigenvalue weighted by molar-refractivity contribution is 5.94. The molecule has 0 amide bonds. The van der Waals surface area contributed by atoms with Crippen molar-refractivity contribution >= 4 is 11.8 Å². The Hall–Kier alpha value is -1.76. The number of allylic oxidation sites excluding steroid dienone is 1. The second-order valence-electron chi connectivity index (χ2n) is 2.97. The first kappa shape index (κ1) is 13.2. The fourth-order valence-electron chi connectivity index (χ4n) is 0.680. The smallest absolute Gasteiger partial charge is 0.304 e. The van der Waals surface area contributed by atoms with Crippen LogP contribution < -0.4 is 0 Å². The monoisotopic (exact) mass is 210 g/mol. The maximum atomic E-state index is 11.0. The minimum Gasteiger partial charge on any atom is -0.481 e. The van der Waals surface area contributed by atoms with Crippen molar-refractivity contribution in [3.05, 3.63) is 12.2 Å². The molecule has 0 spiro atoms. The Morgan fingerprint density at radius 3 is 2.60 bits per heavy atom. The summed E-state index contributed by atoms with van der Waals surface area (Å²) in [5.74, 6) is 1.59. The fourth-order valence-corrected chi connectivity index (χ4v) is 0.680. The second kappa shape index (κ2) is 7.63. The number of hydrogen-bond acceptors (Lipinski definition) is 3. The summed E-state index contributed by atoms with van der Waals surface area (Å²) in [6.07, 6.45) is 2.85. The zero-order valence-electron chi connectivity index (χ0n) is 8.71. The van der Waals surface area contributed by atoms with Gasteiger partial charge in [0, 0.05) is 12.8 Å². The predicted molar refractivity (Wildman–Crippen MR) is 55.0 cm³/mol. The summed E-state index contributed by atoms with van der Waals surface area (Å²) >= 11 is 0. The topological polar surface area (TPSA) is 63.6 Å². The van der Waals surface area contributed by atoms with E-state index < -0.39 is 5.97 Å². The van der Waals surface area contributed by atoms with Crippen molar-refractivity contribution in [1.29, 1.82) is 0 Å². The van der Waals surface area contributed by atoms with Crippen LogP contribution >= 0.6 is 0 Å². The van der Waals surface area contributed by atoms with Crippen LogP contribution in [0.5, 0.6) is 0 Å². The van der Waals surface area contributed by atoms with Crippen LogP contribution in [0, 0.1) is 12.0 Å². The standard InChI is InChI=1S/C11H14O4/c1-9(2)10(12)6-8-15-7-4-3-5-11(13)14/h1,3,5-6,8H2,2H3,(H,13,14). The summed E-state index contributed by atoms with van der Waals surface area (Å²) in [5.41, 5.74) is 0.498. The van der Waals surface area contributed by atoms with Crippen molar-refractivity contribution in [3.8, 4) is 12.0 Å². The van der Waals surface area contributed by atoms with Gasteiger partial charge in [0.25, 0.3) is 0 Å². The summed E-state index contributed by atoms with van der Waals surface area (Å²) in [7, 11) is 0. The maximum absolute atomic E-state index is 11.0. The van der Waals surface area contributed by atoms with Crippen molar-refractivity contribution in [1.82, 2.24) is 0 Å². The van der Waals surface area contributed by atoms with Crippen LogP contribution in [0.4, 0.5) is 0 Å². The SMILES string of the molecule is C=C(C)C(=O)CCOC#CCCC(=O)O. The predicted octanol–water partition coefficient (Wildman–Crippen LogP) is 1.36. The molecule has 0 atom stereocenters. The highest BCUT2D eigenvalue weighted by Gasteiger charge is 2.00. The maximum Gasteiger partial charge on any atom is 0.304 e. The van der Waals surface area contributed by atoms with Crippen molar-refractivity contribution in [2.45, 2.75) is 26.2 Å². The molecule has 0 radical (unpaired) electrons. The molecule has 82 valence electrons. The molecule has 0 aromatic rings. The van der Waals surface area contributed by atoms with Gasteiger partial charge in [-0.1, -0.05) is 12.5 Å². The van der Waals surface area contributed by atoms with E-state index in [0.29, 0.717) is 5.57 Å². The molecule has 0 aliphatic carbocycles. The highest BCUT2D eigenvalue weighted by Crippen LogP contribution is 1.95. The number of hydrogen-bond donors (Lipinski definition) is 1. The van der Waals surface area contributed by atoms with E-state index in [4.69, 9.17) is 9.84 Å². The van der Waals surface area contributed by atoms with Gasteiger partial charge in [-0.2, -0.15) is 0 Å². The molecule has 0 unspecified atom stereocenters. The molecule has 0 saturated carbocycles. The number of carboxylic acid groups (broad SMARTS) is 1. The molecule has 4 nitrogen and oxygen atoms in total. The molecule has 0 aromatic heterocycles. The van der Waals surface area contributed by atoms with E-state index in [2.05, 4.69) is 18.6 Å². The number of carboxylic acids is 1. The van der Waals surface area contributed by atoms with Crippen LogP contribution in [0.25, 0.3) is 0 Å². The molecule has 1 N–H and O–H groups in total. The molecule has 0 saturated heterocycles. The second-order valence-corrected chi connectivity index (χ2v) is 2.97. The van der Waals surface area contributed by atoms with Crippen LogP contribution in [0.1, 0.15) is 26.2 Å². The number of aliphatic carboxylic acids is 1. The first-order valence-electron chi connectivity index (χ1n) is 4.54. The van der Waals surface area contributed by atoms with Crippen molar-refractivity contribution < 1.29 is 19.4 Å². The van der Waals surface area contributed by atoms with E-state index in [1.54, 1.807) is 6.92 Å². The Bertz CT molecular complexity index is 306. The van der Waals surface area contributed by atoms with Gasteiger partial charge in [0.1, 0.15) is 12.7 Å². The lowest BCUT2D eigenvalue weighted by atomic mass is 10.2. The lowest BCUT2D eigenvalue weighted by molar-refractivity contribution is -0.136. The van der Waals surface area contributed by atoms with E-state index in [0.717, 1.165) is 0 Å². The number of carbonyl (C=O) groups is 2. The van der Waals surface area contributed by atoms with Crippen LogP contribution in [-0.4, -0.2) is 23.5 Å². The summed E-state index contributed by atoms with van der Waals surface area (Å²) in [6.45, 7) is 5.35. The van der Waals surface area contributed by atoms with Gasteiger partial charge in [-0.05, 0) is 12.5 Å². The van der Waals surface area contributed by atoms with Crippen LogP contribution in [0.2, 0.25) is 0 Å². The van der Waals surface area contributed by atoms with Crippen molar-refractivity contribution in [2.75, 3.05) is 6.61 Å². The third kappa shape index (κ3) is 8.57. The Morgan fingerprint density at radius 1 is 1.40 bits per heavy atom. The van der Waals surface area contributed by atoms with Gasteiger partial charge in [0.2, 0.25) is 0 Å². The zero-order chi connectivity index (χ0) is 11.7. The summed E-state index contributed by atoms with van der Waals surface area (Å²) < 4.78 is 4.82. The largest absolute Gasteiger partial charge is 0.481 e. The van der Waals surface area contributed by atoms with Crippen LogP contribution in [0.3, 0.4) is 0 Å². The van der Waals surface area contributed by atoms with Gasteiger partial charge in [-0.3, -0.25) is 9.59 Å². The zero-order valence-corrected chi connectivity index (χ0v) is 8.71. The number of ketones is 1.